The monoisotopic (exact) mass is 443 g/mol. The van der Waals surface area contributed by atoms with E-state index in [4.69, 9.17) is 0 Å². The molecule has 2 N–H and O–H groups in total. The summed E-state index contributed by atoms with van der Waals surface area (Å²) < 4.78 is 28.7. The number of hydrogen-bond donors (Lipinski definition) is 2. The molecule has 0 unspecified atom stereocenters. The number of aryl methyl sites for hydroxylation is 4. The number of urea groups is 1. The molecule has 7 heteroatoms. The molecule has 3 rings (SSSR count). The number of carbonyl (C=O) groups excluding carboxylic acids is 1. The van der Waals surface area contributed by atoms with Crippen LogP contribution in [-0.2, 0) is 10.0 Å². The number of benzene rings is 2. The van der Waals surface area contributed by atoms with Crippen LogP contribution in [0.15, 0.2) is 41.3 Å². The van der Waals surface area contributed by atoms with Gasteiger partial charge in [0.2, 0.25) is 10.0 Å². The normalized spacial score (nSPS) is 17.4. The van der Waals surface area contributed by atoms with E-state index < -0.39 is 10.0 Å². The minimum absolute atomic E-state index is 0.113. The lowest BCUT2D eigenvalue weighted by Crippen LogP contribution is -2.45. The van der Waals surface area contributed by atoms with Crippen LogP contribution in [0.4, 0.5) is 10.5 Å². The van der Waals surface area contributed by atoms with Crippen LogP contribution >= 0.6 is 0 Å². The number of hydrogen-bond acceptors (Lipinski definition) is 3. The van der Waals surface area contributed by atoms with E-state index in [1.807, 2.05) is 64.1 Å². The van der Waals surface area contributed by atoms with Crippen LogP contribution in [0, 0.1) is 27.7 Å². The number of anilines is 1. The highest BCUT2D eigenvalue weighted by Crippen LogP contribution is 2.31. The van der Waals surface area contributed by atoms with Gasteiger partial charge in [-0.25, -0.2) is 13.2 Å². The van der Waals surface area contributed by atoms with Crippen molar-refractivity contribution in [2.75, 3.05) is 18.4 Å². The molecule has 0 aromatic heterocycles. The molecule has 2 amide bonds. The summed E-state index contributed by atoms with van der Waals surface area (Å²) in [5.74, 6) is 0. The van der Waals surface area contributed by atoms with Crippen molar-refractivity contribution in [1.29, 1.82) is 0 Å². The van der Waals surface area contributed by atoms with Gasteiger partial charge in [0, 0.05) is 24.8 Å². The summed E-state index contributed by atoms with van der Waals surface area (Å²) in [6.07, 6.45) is 3.26. The van der Waals surface area contributed by atoms with E-state index >= 15 is 0 Å². The molecule has 1 aliphatic heterocycles. The SMILES string of the molecule is Cc1cccc(NC(=O)NCC[C@H]2CCCCN2S(=O)(=O)c2c(C)cc(C)cc2C)c1. The summed E-state index contributed by atoms with van der Waals surface area (Å²) in [7, 11) is -3.59. The lowest BCUT2D eigenvalue weighted by Gasteiger charge is -2.35. The Morgan fingerprint density at radius 3 is 2.42 bits per heavy atom. The molecule has 0 spiro atoms. The third-order valence-electron chi connectivity index (χ3n) is 5.78. The molecule has 2 aromatic carbocycles. The average Bonchev–Trinajstić information content (AvgIpc) is 2.67. The standard InChI is InChI=1S/C24H33N3O3S/c1-17-8-7-9-21(16-17)26-24(28)25-12-11-22-10-5-6-13-27(22)31(29,30)23-19(3)14-18(2)15-20(23)4/h7-9,14-16,22H,5-6,10-13H2,1-4H3,(H2,25,26,28)/t22-/m1/s1. The van der Waals surface area contributed by atoms with Gasteiger partial charge in [-0.1, -0.05) is 36.2 Å². The van der Waals surface area contributed by atoms with Crippen molar-refractivity contribution in [3.63, 3.8) is 0 Å². The van der Waals surface area contributed by atoms with Gasteiger partial charge in [0.1, 0.15) is 0 Å². The van der Waals surface area contributed by atoms with Gasteiger partial charge in [0.25, 0.3) is 0 Å². The highest BCUT2D eigenvalue weighted by molar-refractivity contribution is 7.89. The largest absolute Gasteiger partial charge is 0.338 e. The summed E-state index contributed by atoms with van der Waals surface area (Å²) in [4.78, 5) is 12.7. The summed E-state index contributed by atoms with van der Waals surface area (Å²) in [5.41, 5.74) is 4.45. The maximum absolute atomic E-state index is 13.5. The summed E-state index contributed by atoms with van der Waals surface area (Å²) in [6.45, 7) is 8.62. The van der Waals surface area contributed by atoms with Gasteiger partial charge in [0.05, 0.1) is 4.90 Å². The van der Waals surface area contributed by atoms with Crippen molar-refractivity contribution in [3.05, 3.63) is 58.7 Å². The highest BCUT2D eigenvalue weighted by atomic mass is 32.2. The molecule has 1 fully saturated rings. The lowest BCUT2D eigenvalue weighted by molar-refractivity contribution is 0.234. The first-order chi connectivity index (χ1) is 14.7. The van der Waals surface area contributed by atoms with E-state index in [-0.39, 0.29) is 12.1 Å². The molecule has 0 bridgehead atoms. The number of amides is 2. The van der Waals surface area contributed by atoms with E-state index in [9.17, 15) is 13.2 Å². The Labute approximate surface area is 186 Å². The van der Waals surface area contributed by atoms with Gasteiger partial charge in [-0.3, -0.25) is 0 Å². The summed E-state index contributed by atoms with van der Waals surface area (Å²) >= 11 is 0. The number of nitrogens with zero attached hydrogens (tertiary/aromatic N) is 1. The average molecular weight is 444 g/mol. The van der Waals surface area contributed by atoms with Crippen LogP contribution in [0.5, 0.6) is 0 Å². The first-order valence-corrected chi connectivity index (χ1v) is 12.3. The van der Waals surface area contributed by atoms with E-state index in [2.05, 4.69) is 10.6 Å². The minimum Gasteiger partial charge on any atom is -0.338 e. The molecule has 1 aliphatic rings. The van der Waals surface area contributed by atoms with Crippen LogP contribution in [0.3, 0.4) is 0 Å². The number of rotatable bonds is 6. The summed E-state index contributed by atoms with van der Waals surface area (Å²) in [5, 5.41) is 5.69. The molecule has 1 saturated heterocycles. The molecule has 2 aromatic rings. The van der Waals surface area contributed by atoms with Crippen molar-refractivity contribution in [2.45, 2.75) is 64.3 Å². The van der Waals surface area contributed by atoms with Crippen LogP contribution in [-0.4, -0.2) is 37.9 Å². The number of carbonyl (C=O) groups is 1. The smallest absolute Gasteiger partial charge is 0.319 e. The van der Waals surface area contributed by atoms with Crippen LogP contribution in [0.25, 0.3) is 0 Å². The summed E-state index contributed by atoms with van der Waals surface area (Å²) in [6, 6.07) is 11.1. The third kappa shape index (κ3) is 5.66. The Hall–Kier alpha value is -2.38. The maximum atomic E-state index is 13.5. The Bertz CT molecular complexity index is 1030. The van der Waals surface area contributed by atoms with Crippen molar-refractivity contribution in [1.82, 2.24) is 9.62 Å². The molecule has 0 saturated carbocycles. The van der Waals surface area contributed by atoms with Crippen molar-refractivity contribution in [2.24, 2.45) is 0 Å². The fourth-order valence-electron chi connectivity index (χ4n) is 4.52. The second kappa shape index (κ2) is 9.83. The van der Waals surface area contributed by atoms with E-state index in [0.29, 0.717) is 24.4 Å². The minimum atomic E-state index is -3.59. The van der Waals surface area contributed by atoms with E-state index in [0.717, 1.165) is 47.2 Å². The van der Waals surface area contributed by atoms with Crippen LogP contribution in [0.1, 0.15) is 47.9 Å². The second-order valence-electron chi connectivity index (χ2n) is 8.53. The topological polar surface area (TPSA) is 78.5 Å². The zero-order valence-corrected chi connectivity index (χ0v) is 19.7. The highest BCUT2D eigenvalue weighted by Gasteiger charge is 2.35. The van der Waals surface area contributed by atoms with E-state index in [1.54, 1.807) is 4.31 Å². The molecule has 168 valence electrons. The fourth-order valence-corrected chi connectivity index (χ4v) is 6.66. The predicted molar refractivity (Wildman–Crippen MR) is 125 cm³/mol. The van der Waals surface area contributed by atoms with Crippen molar-refractivity contribution in [3.8, 4) is 0 Å². The Balaban J connectivity index is 1.66. The number of nitrogens with one attached hydrogen (secondary N) is 2. The maximum Gasteiger partial charge on any atom is 0.319 e. The van der Waals surface area contributed by atoms with E-state index in [1.165, 1.54) is 0 Å². The number of piperidine rings is 1. The fraction of sp³-hybridized carbons (Fsp3) is 0.458. The number of sulfonamides is 1. The van der Waals surface area contributed by atoms with Crippen molar-refractivity contribution >= 4 is 21.7 Å². The zero-order chi connectivity index (χ0) is 22.6. The first-order valence-electron chi connectivity index (χ1n) is 10.9. The quantitative estimate of drug-likeness (QED) is 0.681. The van der Waals surface area contributed by atoms with Gasteiger partial charge in [0.15, 0.2) is 0 Å². The van der Waals surface area contributed by atoms with Gasteiger partial charge in [-0.2, -0.15) is 4.31 Å². The first kappa shape index (κ1) is 23.3. The predicted octanol–water partition coefficient (Wildman–Crippen LogP) is 4.68. The second-order valence-corrected chi connectivity index (χ2v) is 10.4. The zero-order valence-electron chi connectivity index (χ0n) is 18.9. The van der Waals surface area contributed by atoms with Gasteiger partial charge in [-0.15, -0.1) is 0 Å². The van der Waals surface area contributed by atoms with Gasteiger partial charge >= 0.3 is 6.03 Å². The Morgan fingerprint density at radius 1 is 1.03 bits per heavy atom. The molecule has 1 heterocycles. The Morgan fingerprint density at radius 2 is 1.74 bits per heavy atom. The Kier molecular flexibility index (Phi) is 7.38. The molecule has 0 radical (unpaired) electrons. The molecular formula is C24H33N3O3S. The molecule has 6 nitrogen and oxygen atoms in total. The third-order valence-corrected chi connectivity index (χ3v) is 8.04. The molecule has 31 heavy (non-hydrogen) atoms. The van der Waals surface area contributed by atoms with Crippen LogP contribution < -0.4 is 10.6 Å². The molecule has 1 atom stereocenters. The molecule has 0 aliphatic carbocycles. The van der Waals surface area contributed by atoms with Gasteiger partial charge in [-0.05, 0) is 75.8 Å². The van der Waals surface area contributed by atoms with Crippen molar-refractivity contribution < 1.29 is 13.2 Å². The van der Waals surface area contributed by atoms with Crippen LogP contribution in [0.2, 0.25) is 0 Å². The molecular weight excluding hydrogens is 410 g/mol. The van der Waals surface area contributed by atoms with Gasteiger partial charge < -0.3 is 10.6 Å². The lowest BCUT2D eigenvalue weighted by atomic mass is 10.0.